The summed E-state index contributed by atoms with van der Waals surface area (Å²) in [6, 6.07) is 3.37. The first kappa shape index (κ1) is 16.2. The molecule has 20 heavy (non-hydrogen) atoms. The van der Waals surface area contributed by atoms with Gasteiger partial charge in [0.1, 0.15) is 5.69 Å². The summed E-state index contributed by atoms with van der Waals surface area (Å²) in [5.41, 5.74) is 0.850. The van der Waals surface area contributed by atoms with Crippen molar-refractivity contribution in [3.63, 3.8) is 0 Å². The van der Waals surface area contributed by atoms with Gasteiger partial charge >= 0.3 is 0 Å². The maximum absolute atomic E-state index is 12.1. The summed E-state index contributed by atoms with van der Waals surface area (Å²) < 4.78 is 5.25. The minimum absolute atomic E-state index is 0.000181. The molecule has 0 aromatic carbocycles. The molecule has 0 aliphatic rings. The number of hydrogen-bond acceptors (Lipinski definition) is 4. The van der Waals surface area contributed by atoms with Crippen LogP contribution in [0.25, 0.3) is 0 Å². The number of nitrogens with zero attached hydrogens (tertiary/aromatic N) is 1. The fourth-order valence-corrected chi connectivity index (χ4v) is 1.53. The number of aliphatic hydroxyl groups excluding tert-OH is 1. The highest BCUT2D eigenvalue weighted by Crippen LogP contribution is 2.04. The Kier molecular flexibility index (Phi) is 7.33. The summed E-state index contributed by atoms with van der Waals surface area (Å²) >= 11 is 0. The maximum atomic E-state index is 12.1. The fraction of sp³-hybridized carbons (Fsp3) is 0.467. The third-order valence-electron chi connectivity index (χ3n) is 2.43. The molecule has 1 unspecified atom stereocenters. The predicted octanol–water partition coefficient (Wildman–Crippen LogP) is 0.970. The molecule has 0 radical (unpaired) electrons. The number of rotatable bonds is 6. The smallest absolute Gasteiger partial charge is 0.271 e. The number of hydrogen-bond donors (Lipinski definition) is 2. The molecule has 1 atom stereocenters. The first-order valence-electron chi connectivity index (χ1n) is 6.62. The molecule has 1 amide bonds. The second-order valence-corrected chi connectivity index (χ2v) is 4.21. The van der Waals surface area contributed by atoms with Gasteiger partial charge in [0.2, 0.25) is 0 Å². The van der Waals surface area contributed by atoms with Crippen molar-refractivity contribution in [3.8, 4) is 11.8 Å². The van der Waals surface area contributed by atoms with E-state index in [2.05, 4.69) is 22.1 Å². The number of carbonyl (C=O) groups is 1. The predicted molar refractivity (Wildman–Crippen MR) is 76.2 cm³/mol. The molecule has 108 valence electrons. The van der Waals surface area contributed by atoms with Crippen molar-refractivity contribution >= 4 is 5.91 Å². The van der Waals surface area contributed by atoms with Gasteiger partial charge in [0, 0.05) is 25.3 Å². The van der Waals surface area contributed by atoms with Gasteiger partial charge in [-0.15, -0.1) is 0 Å². The van der Waals surface area contributed by atoms with E-state index in [0.717, 1.165) is 0 Å². The van der Waals surface area contributed by atoms with E-state index < -0.39 is 0 Å². The van der Waals surface area contributed by atoms with Crippen LogP contribution in [-0.4, -0.2) is 41.9 Å². The number of aromatic nitrogens is 1. The topological polar surface area (TPSA) is 71.5 Å². The lowest BCUT2D eigenvalue weighted by Gasteiger charge is -2.13. The van der Waals surface area contributed by atoms with Crippen LogP contribution >= 0.6 is 0 Å². The number of aliphatic hydroxyl groups is 1. The van der Waals surface area contributed by atoms with E-state index in [1.54, 1.807) is 18.3 Å². The minimum atomic E-state index is -0.272. The van der Waals surface area contributed by atoms with Gasteiger partial charge in [-0.3, -0.25) is 4.79 Å². The molecule has 0 aliphatic heterocycles. The SMILES string of the molecule is CCOCC(C)NC(=O)c1ncccc1C#CCCO. The van der Waals surface area contributed by atoms with Crippen LogP contribution in [0.3, 0.4) is 0 Å². The zero-order valence-electron chi connectivity index (χ0n) is 11.8. The van der Waals surface area contributed by atoms with Crippen LogP contribution in [0.4, 0.5) is 0 Å². The van der Waals surface area contributed by atoms with Crippen molar-refractivity contribution in [2.24, 2.45) is 0 Å². The van der Waals surface area contributed by atoms with Crippen molar-refractivity contribution in [2.45, 2.75) is 26.3 Å². The molecule has 1 heterocycles. The Morgan fingerprint density at radius 2 is 2.40 bits per heavy atom. The summed E-state index contributed by atoms with van der Waals surface area (Å²) in [4.78, 5) is 16.2. The lowest BCUT2D eigenvalue weighted by atomic mass is 10.1. The summed E-state index contributed by atoms with van der Waals surface area (Å²) in [5.74, 6) is 5.36. The average Bonchev–Trinajstić information content (AvgIpc) is 2.46. The fourth-order valence-electron chi connectivity index (χ4n) is 1.53. The molecule has 0 spiro atoms. The van der Waals surface area contributed by atoms with Gasteiger partial charge in [0.05, 0.1) is 18.8 Å². The van der Waals surface area contributed by atoms with Gasteiger partial charge in [0.25, 0.3) is 5.91 Å². The molecular weight excluding hydrogens is 256 g/mol. The second-order valence-electron chi connectivity index (χ2n) is 4.21. The third-order valence-corrected chi connectivity index (χ3v) is 2.43. The van der Waals surface area contributed by atoms with Gasteiger partial charge in [0.15, 0.2) is 0 Å². The first-order valence-corrected chi connectivity index (χ1v) is 6.62. The van der Waals surface area contributed by atoms with Crippen LogP contribution in [0, 0.1) is 11.8 Å². The van der Waals surface area contributed by atoms with E-state index in [1.807, 2.05) is 13.8 Å². The van der Waals surface area contributed by atoms with Crippen LogP contribution in [0.15, 0.2) is 18.3 Å². The van der Waals surface area contributed by atoms with E-state index in [9.17, 15) is 4.79 Å². The lowest BCUT2D eigenvalue weighted by molar-refractivity contribution is 0.0867. The molecule has 1 aromatic rings. The van der Waals surface area contributed by atoms with E-state index in [-0.39, 0.29) is 18.6 Å². The zero-order chi connectivity index (χ0) is 14.8. The van der Waals surface area contributed by atoms with Crippen molar-refractivity contribution in [2.75, 3.05) is 19.8 Å². The highest BCUT2D eigenvalue weighted by Gasteiger charge is 2.14. The summed E-state index contributed by atoms with van der Waals surface area (Å²) in [6.07, 6.45) is 1.93. The Hall–Kier alpha value is -1.90. The summed E-state index contributed by atoms with van der Waals surface area (Å²) in [7, 11) is 0. The van der Waals surface area contributed by atoms with Crippen LogP contribution in [-0.2, 0) is 4.74 Å². The van der Waals surface area contributed by atoms with E-state index in [1.165, 1.54) is 0 Å². The van der Waals surface area contributed by atoms with E-state index in [4.69, 9.17) is 9.84 Å². The third kappa shape index (κ3) is 5.39. The van der Waals surface area contributed by atoms with Gasteiger partial charge in [-0.1, -0.05) is 11.8 Å². The molecule has 0 saturated heterocycles. The lowest BCUT2D eigenvalue weighted by Crippen LogP contribution is -2.36. The molecule has 1 rings (SSSR count). The molecule has 5 heteroatoms. The Labute approximate surface area is 119 Å². The van der Waals surface area contributed by atoms with Gasteiger partial charge in [-0.25, -0.2) is 4.98 Å². The first-order chi connectivity index (χ1) is 9.69. The van der Waals surface area contributed by atoms with Gasteiger partial charge in [-0.2, -0.15) is 0 Å². The Morgan fingerprint density at radius 3 is 3.10 bits per heavy atom. The van der Waals surface area contributed by atoms with E-state index in [0.29, 0.717) is 30.9 Å². The number of amides is 1. The van der Waals surface area contributed by atoms with Gasteiger partial charge < -0.3 is 15.2 Å². The molecule has 1 aromatic heterocycles. The van der Waals surface area contributed by atoms with Gasteiger partial charge in [-0.05, 0) is 26.0 Å². The largest absolute Gasteiger partial charge is 0.395 e. The minimum Gasteiger partial charge on any atom is -0.395 e. The Balaban J connectivity index is 2.75. The summed E-state index contributed by atoms with van der Waals surface area (Å²) in [5, 5.41) is 11.5. The standard InChI is InChI=1S/C15H20N2O3/c1-3-20-11-12(2)17-15(19)14-13(7-4-5-10-18)8-6-9-16-14/h6,8-9,12,18H,3,5,10-11H2,1-2H3,(H,17,19). The molecular formula is C15H20N2O3. The van der Waals surface area contributed by atoms with Crippen molar-refractivity contribution < 1.29 is 14.6 Å². The number of pyridine rings is 1. The van der Waals surface area contributed by atoms with Crippen molar-refractivity contribution in [1.29, 1.82) is 0 Å². The Bertz CT molecular complexity index is 491. The highest BCUT2D eigenvalue weighted by molar-refractivity contribution is 5.94. The van der Waals surface area contributed by atoms with Crippen molar-refractivity contribution in [1.82, 2.24) is 10.3 Å². The Morgan fingerprint density at radius 1 is 1.60 bits per heavy atom. The normalized spacial score (nSPS) is 11.3. The van der Waals surface area contributed by atoms with Crippen LogP contribution in [0.1, 0.15) is 36.3 Å². The highest BCUT2D eigenvalue weighted by atomic mass is 16.5. The molecule has 0 saturated carbocycles. The second kappa shape index (κ2) is 9.08. The zero-order valence-corrected chi connectivity index (χ0v) is 11.8. The molecule has 2 N–H and O–H groups in total. The van der Waals surface area contributed by atoms with Crippen LogP contribution in [0.2, 0.25) is 0 Å². The molecule has 0 aliphatic carbocycles. The number of nitrogens with one attached hydrogen (secondary N) is 1. The number of ether oxygens (including phenoxy) is 1. The maximum Gasteiger partial charge on any atom is 0.271 e. The van der Waals surface area contributed by atoms with Crippen molar-refractivity contribution in [3.05, 3.63) is 29.6 Å². The van der Waals surface area contributed by atoms with E-state index >= 15 is 0 Å². The molecule has 0 fully saturated rings. The van der Waals surface area contributed by atoms with Crippen LogP contribution in [0.5, 0.6) is 0 Å². The monoisotopic (exact) mass is 276 g/mol. The summed E-state index contributed by atoms with van der Waals surface area (Å²) in [6.45, 7) is 4.85. The quantitative estimate of drug-likeness (QED) is 0.760. The average molecular weight is 276 g/mol. The van der Waals surface area contributed by atoms with Crippen LogP contribution < -0.4 is 5.32 Å². The molecule has 0 bridgehead atoms. The number of carbonyl (C=O) groups excluding carboxylic acids is 1. The molecule has 5 nitrogen and oxygen atoms in total.